The number of nitrogens with zero attached hydrogens (tertiary/aromatic N) is 2. The number of hydrogen-bond donors (Lipinski definition) is 2. The Morgan fingerprint density at radius 3 is 2.52 bits per heavy atom. The molecule has 0 aromatic heterocycles. The number of ether oxygens (including phenoxy) is 1. The molecule has 27 heavy (non-hydrogen) atoms. The fraction of sp³-hybridized carbons (Fsp3) is 0.667. The standard InChI is InChI=1S/C21H34N4O.HI/c1-3-26-16-18-10-8-17(9-11-18)14-23-21(22-2)24-19-12-13-25(15-19)20-6-4-5-7-20;/h8-11,19-20H,3-7,12-16H2,1-2H3,(H2,22,23,24);1H. The summed E-state index contributed by atoms with van der Waals surface area (Å²) >= 11 is 0. The summed E-state index contributed by atoms with van der Waals surface area (Å²) in [6.07, 6.45) is 6.80. The summed E-state index contributed by atoms with van der Waals surface area (Å²) in [6.45, 7) is 6.62. The number of nitrogens with one attached hydrogen (secondary N) is 2. The second kappa shape index (κ2) is 11.9. The van der Waals surface area contributed by atoms with Crippen molar-refractivity contribution in [2.75, 3.05) is 26.7 Å². The second-order valence-corrected chi connectivity index (χ2v) is 7.44. The van der Waals surface area contributed by atoms with E-state index in [9.17, 15) is 0 Å². The van der Waals surface area contributed by atoms with E-state index in [1.165, 1.54) is 49.8 Å². The third-order valence-electron chi connectivity index (χ3n) is 5.58. The molecule has 6 heteroatoms. The van der Waals surface area contributed by atoms with Gasteiger partial charge in [0.05, 0.1) is 6.61 Å². The first-order valence-electron chi connectivity index (χ1n) is 10.1. The van der Waals surface area contributed by atoms with Crippen molar-refractivity contribution in [1.29, 1.82) is 0 Å². The van der Waals surface area contributed by atoms with Crippen molar-refractivity contribution in [3.63, 3.8) is 0 Å². The summed E-state index contributed by atoms with van der Waals surface area (Å²) in [4.78, 5) is 7.08. The minimum Gasteiger partial charge on any atom is -0.377 e. The van der Waals surface area contributed by atoms with Crippen LogP contribution in [-0.2, 0) is 17.9 Å². The van der Waals surface area contributed by atoms with Crippen LogP contribution in [0.2, 0.25) is 0 Å². The molecule has 152 valence electrons. The first-order valence-corrected chi connectivity index (χ1v) is 10.1. The molecule has 0 spiro atoms. The van der Waals surface area contributed by atoms with E-state index in [1.54, 1.807) is 0 Å². The quantitative estimate of drug-likeness (QED) is 0.352. The number of hydrogen-bond acceptors (Lipinski definition) is 3. The van der Waals surface area contributed by atoms with Crippen LogP contribution in [0.15, 0.2) is 29.3 Å². The molecule has 2 aliphatic rings. The summed E-state index contributed by atoms with van der Waals surface area (Å²) in [7, 11) is 1.85. The van der Waals surface area contributed by atoms with Gasteiger partial charge in [-0.15, -0.1) is 24.0 Å². The first-order chi connectivity index (χ1) is 12.8. The van der Waals surface area contributed by atoms with E-state index in [1.807, 2.05) is 14.0 Å². The van der Waals surface area contributed by atoms with Crippen LogP contribution in [0.25, 0.3) is 0 Å². The van der Waals surface area contributed by atoms with Crippen LogP contribution in [0.5, 0.6) is 0 Å². The van der Waals surface area contributed by atoms with Gasteiger partial charge in [0, 0.05) is 45.4 Å². The topological polar surface area (TPSA) is 48.9 Å². The normalized spacial score (nSPS) is 21.3. The first kappa shape index (κ1) is 22.4. The molecule has 0 radical (unpaired) electrons. The van der Waals surface area contributed by atoms with Gasteiger partial charge in [0.15, 0.2) is 5.96 Å². The molecule has 1 saturated carbocycles. The summed E-state index contributed by atoms with van der Waals surface area (Å²) in [5.41, 5.74) is 2.48. The lowest BCUT2D eigenvalue weighted by atomic mass is 10.1. The lowest BCUT2D eigenvalue weighted by Gasteiger charge is -2.24. The highest BCUT2D eigenvalue weighted by Crippen LogP contribution is 2.26. The van der Waals surface area contributed by atoms with Crippen LogP contribution in [0, 0.1) is 0 Å². The summed E-state index contributed by atoms with van der Waals surface area (Å²) in [6, 6.07) is 9.93. The summed E-state index contributed by atoms with van der Waals surface area (Å²) in [5, 5.41) is 7.05. The van der Waals surface area contributed by atoms with E-state index in [0.29, 0.717) is 12.6 Å². The molecule has 5 nitrogen and oxygen atoms in total. The second-order valence-electron chi connectivity index (χ2n) is 7.44. The zero-order valence-corrected chi connectivity index (χ0v) is 19.1. The molecule has 1 aromatic carbocycles. The van der Waals surface area contributed by atoms with Crippen LogP contribution < -0.4 is 10.6 Å². The predicted octanol–water partition coefficient (Wildman–Crippen LogP) is 3.52. The number of halogens is 1. The Bertz CT molecular complexity index is 572. The number of benzene rings is 1. The van der Waals surface area contributed by atoms with Gasteiger partial charge in [-0.3, -0.25) is 9.89 Å². The van der Waals surface area contributed by atoms with Gasteiger partial charge in [-0.05, 0) is 37.3 Å². The zero-order valence-electron chi connectivity index (χ0n) is 16.7. The van der Waals surface area contributed by atoms with E-state index in [0.717, 1.165) is 31.7 Å². The van der Waals surface area contributed by atoms with E-state index < -0.39 is 0 Å². The molecular formula is C21H35IN4O. The Labute approximate surface area is 181 Å². The molecular weight excluding hydrogens is 451 g/mol. The third-order valence-corrected chi connectivity index (χ3v) is 5.58. The number of rotatable bonds is 7. The molecule has 1 aromatic rings. The fourth-order valence-corrected chi connectivity index (χ4v) is 4.05. The van der Waals surface area contributed by atoms with Crippen LogP contribution in [0.4, 0.5) is 0 Å². The maximum atomic E-state index is 5.45. The van der Waals surface area contributed by atoms with Crippen molar-refractivity contribution >= 4 is 29.9 Å². The van der Waals surface area contributed by atoms with Crippen LogP contribution >= 0.6 is 24.0 Å². The Balaban J connectivity index is 0.00000261. The lowest BCUT2D eigenvalue weighted by molar-refractivity contribution is 0.134. The average Bonchev–Trinajstić information content (AvgIpc) is 3.35. The molecule has 2 N–H and O–H groups in total. The highest BCUT2D eigenvalue weighted by molar-refractivity contribution is 14.0. The van der Waals surface area contributed by atoms with Gasteiger partial charge in [-0.2, -0.15) is 0 Å². The van der Waals surface area contributed by atoms with Gasteiger partial charge in [0.2, 0.25) is 0 Å². The van der Waals surface area contributed by atoms with E-state index in [-0.39, 0.29) is 24.0 Å². The van der Waals surface area contributed by atoms with Crippen molar-refractivity contribution in [2.45, 2.75) is 64.3 Å². The van der Waals surface area contributed by atoms with Crippen molar-refractivity contribution in [1.82, 2.24) is 15.5 Å². The fourth-order valence-electron chi connectivity index (χ4n) is 4.05. The Morgan fingerprint density at radius 2 is 1.85 bits per heavy atom. The van der Waals surface area contributed by atoms with Crippen molar-refractivity contribution in [3.05, 3.63) is 35.4 Å². The smallest absolute Gasteiger partial charge is 0.191 e. The van der Waals surface area contributed by atoms with Crippen LogP contribution in [-0.4, -0.2) is 49.7 Å². The zero-order chi connectivity index (χ0) is 18.2. The molecule has 1 aliphatic carbocycles. The van der Waals surface area contributed by atoms with E-state index in [2.05, 4.69) is 44.8 Å². The minimum atomic E-state index is 0. The maximum Gasteiger partial charge on any atom is 0.191 e. The van der Waals surface area contributed by atoms with Crippen LogP contribution in [0.1, 0.15) is 50.2 Å². The van der Waals surface area contributed by atoms with Crippen molar-refractivity contribution in [2.24, 2.45) is 4.99 Å². The van der Waals surface area contributed by atoms with Gasteiger partial charge in [0.1, 0.15) is 0 Å². The molecule has 0 amide bonds. The summed E-state index contributed by atoms with van der Waals surface area (Å²) < 4.78 is 5.45. The highest BCUT2D eigenvalue weighted by Gasteiger charge is 2.30. The number of aliphatic imine (C=N–C) groups is 1. The predicted molar refractivity (Wildman–Crippen MR) is 123 cm³/mol. The molecule has 1 atom stereocenters. The molecule has 1 heterocycles. The molecule has 2 fully saturated rings. The largest absolute Gasteiger partial charge is 0.377 e. The lowest BCUT2D eigenvalue weighted by Crippen LogP contribution is -2.45. The number of likely N-dealkylation sites (tertiary alicyclic amines) is 1. The van der Waals surface area contributed by atoms with Gasteiger partial charge < -0.3 is 15.4 Å². The van der Waals surface area contributed by atoms with E-state index in [4.69, 9.17) is 4.74 Å². The van der Waals surface area contributed by atoms with E-state index >= 15 is 0 Å². The molecule has 3 rings (SSSR count). The van der Waals surface area contributed by atoms with Gasteiger partial charge >= 0.3 is 0 Å². The monoisotopic (exact) mass is 486 g/mol. The molecule has 1 aliphatic heterocycles. The summed E-state index contributed by atoms with van der Waals surface area (Å²) in [5.74, 6) is 0.904. The average molecular weight is 486 g/mol. The Morgan fingerprint density at radius 1 is 1.15 bits per heavy atom. The minimum absolute atomic E-state index is 0. The highest BCUT2D eigenvalue weighted by atomic mass is 127. The van der Waals surface area contributed by atoms with Gasteiger partial charge in [-0.25, -0.2) is 0 Å². The van der Waals surface area contributed by atoms with Gasteiger partial charge in [0.25, 0.3) is 0 Å². The van der Waals surface area contributed by atoms with Crippen molar-refractivity contribution < 1.29 is 4.74 Å². The Hall–Kier alpha value is -0.860. The Kier molecular flexibility index (Phi) is 9.86. The molecule has 1 unspecified atom stereocenters. The molecule has 1 saturated heterocycles. The van der Waals surface area contributed by atoms with Gasteiger partial charge in [-0.1, -0.05) is 37.1 Å². The molecule has 0 bridgehead atoms. The maximum absolute atomic E-state index is 5.45. The number of guanidine groups is 1. The third kappa shape index (κ3) is 6.91. The van der Waals surface area contributed by atoms with Crippen LogP contribution in [0.3, 0.4) is 0 Å². The van der Waals surface area contributed by atoms with Crippen molar-refractivity contribution in [3.8, 4) is 0 Å². The SMILES string of the molecule is CCOCc1ccc(CNC(=NC)NC2CCN(C3CCCC3)C2)cc1.I.